The van der Waals surface area contributed by atoms with Crippen molar-refractivity contribution in [1.82, 2.24) is 0 Å². The Balaban J connectivity index is -0.000000980. The topological polar surface area (TPSA) is 80.3 Å². The molecule has 0 aromatic heterocycles. The monoisotopic (exact) mass is 354 g/mol. The Hall–Kier alpha value is 3.27. The second-order valence-electron chi connectivity index (χ2n) is 2.43. The molecule has 0 aliphatic rings. The van der Waals surface area contributed by atoms with Crippen LogP contribution in [0.5, 0.6) is 0 Å². The molecule has 0 aliphatic carbocycles. The zero-order valence-corrected chi connectivity index (χ0v) is 18.0. The van der Waals surface area contributed by atoms with Crippen molar-refractivity contribution in [3.8, 4) is 0 Å². The van der Waals surface area contributed by atoms with E-state index in [1.165, 1.54) is 0 Å². The molecule has 0 aromatic rings. The fourth-order valence-electron chi connectivity index (χ4n) is 0.573. The Bertz CT molecular complexity index is 189. The molecule has 0 bridgehead atoms. The Labute approximate surface area is 163 Å². The molecule has 4 nitrogen and oxygen atoms in total. The van der Waals surface area contributed by atoms with Crippen LogP contribution in [-0.2, 0) is 22.2 Å². The predicted octanol–water partition coefficient (Wildman–Crippen LogP) is -4.44. The van der Waals surface area contributed by atoms with Gasteiger partial charge < -0.3 is 9.11 Å². The van der Waals surface area contributed by atoms with Gasteiger partial charge >= 0.3 is 59.1 Å². The van der Waals surface area contributed by atoms with Crippen molar-refractivity contribution in [1.29, 1.82) is 0 Å². The zero-order valence-electron chi connectivity index (χ0n) is 9.92. The molecule has 0 N–H and O–H groups in total. The molecule has 2 atom stereocenters. The second-order valence-corrected chi connectivity index (χ2v) is 8.94. The Morgan fingerprint density at radius 2 is 1.18 bits per heavy atom. The first-order valence-corrected chi connectivity index (χ1v) is 10.5. The summed E-state index contributed by atoms with van der Waals surface area (Å²) >= 11 is -3.86. The molecule has 0 rings (SSSR count). The summed E-state index contributed by atoms with van der Waals surface area (Å²) in [5.41, 5.74) is 0. The van der Waals surface area contributed by atoms with Crippen LogP contribution < -0.4 is 59.1 Å². The van der Waals surface area contributed by atoms with Gasteiger partial charge in [-0.25, -0.2) is 0 Å². The van der Waals surface area contributed by atoms with Crippen molar-refractivity contribution >= 4 is 53.6 Å². The fraction of sp³-hybridized carbons (Fsp3) is 1.00. The van der Waals surface area contributed by atoms with E-state index in [0.717, 1.165) is 11.5 Å². The van der Waals surface area contributed by atoms with Gasteiger partial charge in [0.05, 0.1) is 0 Å². The van der Waals surface area contributed by atoms with E-state index in [1.807, 2.05) is 0 Å². The van der Waals surface area contributed by atoms with Crippen LogP contribution in [0, 0.1) is 0 Å². The maximum atomic E-state index is 10.2. The first-order valence-electron chi connectivity index (χ1n) is 4.15. The van der Waals surface area contributed by atoms with Gasteiger partial charge in [0.15, 0.2) is 0 Å². The van der Waals surface area contributed by atoms with Crippen LogP contribution >= 0.6 is 31.4 Å². The van der Waals surface area contributed by atoms with Crippen molar-refractivity contribution in [2.75, 3.05) is 23.0 Å². The van der Waals surface area contributed by atoms with Crippen LogP contribution in [0.4, 0.5) is 0 Å². The summed E-state index contributed by atoms with van der Waals surface area (Å²) in [7, 11) is 4.80. The molecule has 2 unspecified atom stereocenters. The molecule has 0 amide bonds. The van der Waals surface area contributed by atoms with Crippen molar-refractivity contribution < 1.29 is 76.6 Å². The fourth-order valence-corrected chi connectivity index (χ4v) is 5.58. The van der Waals surface area contributed by atoms with E-state index in [4.69, 9.17) is 0 Å². The van der Waals surface area contributed by atoms with Gasteiger partial charge in [-0.3, -0.25) is 8.42 Å². The molecule has 0 fully saturated rings. The molecule has 0 aliphatic heterocycles. The molecular weight excluding hydrogens is 342 g/mol. The summed E-state index contributed by atoms with van der Waals surface area (Å²) < 4.78 is 40.6. The van der Waals surface area contributed by atoms with E-state index in [9.17, 15) is 17.5 Å². The zero-order chi connectivity index (χ0) is 11.5. The van der Waals surface area contributed by atoms with Gasteiger partial charge in [-0.05, 0) is 22.7 Å². The molecule has 0 radical (unpaired) electrons. The number of hydrogen-bond acceptors (Lipinski definition) is 7. The molecule has 0 saturated heterocycles. The minimum atomic E-state index is -1.93. The molecule has 0 spiro atoms. The Morgan fingerprint density at radius 1 is 0.824 bits per heavy atom. The third kappa shape index (κ3) is 24.6. The molecule has 0 saturated carbocycles. The van der Waals surface area contributed by atoms with E-state index in [2.05, 4.69) is 0 Å². The average Bonchev–Trinajstić information content (AvgIpc) is 2.14. The minimum absolute atomic E-state index is 0. The number of hydrogen-bond donors (Lipinski definition) is 0. The predicted molar refractivity (Wildman–Crippen MR) is 69.3 cm³/mol. The van der Waals surface area contributed by atoms with Crippen molar-refractivity contribution in [2.45, 2.75) is 12.8 Å². The summed E-state index contributed by atoms with van der Waals surface area (Å²) in [5, 5.41) is 0. The van der Waals surface area contributed by atoms with E-state index in [-0.39, 0.29) is 70.6 Å². The third-order valence-corrected chi connectivity index (χ3v) is 6.83. The van der Waals surface area contributed by atoms with E-state index >= 15 is 0 Å². The van der Waals surface area contributed by atoms with Crippen LogP contribution in [-0.4, -0.2) is 40.5 Å². The standard InChI is InChI=1S/C6H14O4S5.2Na/c7-14(8)5-1-3-11-13-12-4-2-6-15(9)10;;/h1-6H2,(H,7,8)(H,9,10);;/q;2*+1/p-2. The maximum absolute atomic E-state index is 10.2. The quantitative estimate of drug-likeness (QED) is 0.169. The molecule has 17 heavy (non-hydrogen) atoms. The minimum Gasteiger partial charge on any atom is -0.772 e. The van der Waals surface area contributed by atoms with Crippen molar-refractivity contribution in [2.24, 2.45) is 0 Å². The van der Waals surface area contributed by atoms with Crippen LogP contribution in [0.1, 0.15) is 12.8 Å². The summed E-state index contributed by atoms with van der Waals surface area (Å²) in [5.74, 6) is 2.04. The van der Waals surface area contributed by atoms with Crippen LogP contribution in [0.15, 0.2) is 0 Å². The normalized spacial score (nSPS) is 13.3. The van der Waals surface area contributed by atoms with Crippen molar-refractivity contribution in [3.05, 3.63) is 0 Å². The SMILES string of the molecule is O=S([O-])CCCSSSCCCS(=O)[O-].[Na+].[Na+]. The summed E-state index contributed by atoms with van der Waals surface area (Å²) in [6.45, 7) is 0. The van der Waals surface area contributed by atoms with Gasteiger partial charge in [0, 0.05) is 23.0 Å². The summed E-state index contributed by atoms with van der Waals surface area (Å²) in [6, 6.07) is 0. The Morgan fingerprint density at radius 3 is 1.47 bits per heavy atom. The van der Waals surface area contributed by atoms with Crippen LogP contribution in [0.2, 0.25) is 0 Å². The average molecular weight is 354 g/mol. The molecule has 0 heterocycles. The maximum Gasteiger partial charge on any atom is 1.00 e. The van der Waals surface area contributed by atoms with Crippen molar-refractivity contribution in [3.63, 3.8) is 0 Å². The van der Waals surface area contributed by atoms with Gasteiger partial charge in [0.1, 0.15) is 0 Å². The van der Waals surface area contributed by atoms with Gasteiger partial charge in [-0.1, -0.05) is 43.7 Å². The van der Waals surface area contributed by atoms with E-state index in [0.29, 0.717) is 12.8 Å². The van der Waals surface area contributed by atoms with E-state index < -0.39 is 22.2 Å². The van der Waals surface area contributed by atoms with Gasteiger partial charge in [0.2, 0.25) is 0 Å². The molecule has 11 heteroatoms. The van der Waals surface area contributed by atoms with E-state index in [1.54, 1.807) is 31.4 Å². The second kappa shape index (κ2) is 19.3. The molecular formula is C6H12Na2O4S5. The first-order chi connectivity index (χ1) is 7.13. The number of rotatable bonds is 10. The molecule has 0 aromatic carbocycles. The van der Waals surface area contributed by atoms with Gasteiger partial charge in [0.25, 0.3) is 0 Å². The van der Waals surface area contributed by atoms with Gasteiger partial charge in [-0.15, -0.1) is 0 Å². The summed E-state index contributed by atoms with van der Waals surface area (Å²) in [6.07, 6.45) is 1.33. The van der Waals surface area contributed by atoms with Crippen LogP contribution in [0.25, 0.3) is 0 Å². The third-order valence-electron chi connectivity index (χ3n) is 1.17. The molecule has 92 valence electrons. The Kier molecular flexibility index (Phi) is 28.6. The largest absolute Gasteiger partial charge is 1.00 e. The smallest absolute Gasteiger partial charge is 0.772 e. The van der Waals surface area contributed by atoms with Crippen LogP contribution in [0.3, 0.4) is 0 Å². The summed E-state index contributed by atoms with van der Waals surface area (Å²) in [4.78, 5) is 0. The first kappa shape index (κ1) is 25.2. The van der Waals surface area contributed by atoms with Gasteiger partial charge in [-0.2, -0.15) is 0 Å².